The molecule has 84 heavy (non-hydrogen) atoms. The summed E-state index contributed by atoms with van der Waals surface area (Å²) in [6.45, 7) is -16.4. The lowest BCUT2D eigenvalue weighted by Crippen LogP contribution is -2.65. The Kier molecular flexibility index (Phi) is 30.3. The number of ether oxygens (including phenoxy) is 13. The minimum Gasteiger partial charge on any atom is -0.462 e. The Morgan fingerprint density at radius 1 is 0.345 bits per heavy atom. The molecule has 0 amide bonds. The Hall–Kier alpha value is -6.35. The molecule has 2 unspecified atom stereocenters. The fourth-order valence-electron chi connectivity index (χ4n) is 5.33. The van der Waals surface area contributed by atoms with E-state index in [0.29, 0.717) is 6.08 Å². The van der Waals surface area contributed by atoms with Gasteiger partial charge < -0.3 is 47.4 Å². The first-order chi connectivity index (χ1) is 38.3. The van der Waals surface area contributed by atoms with Crippen molar-refractivity contribution in [3.63, 3.8) is 0 Å². The number of hydrogen-bond acceptors (Lipinski definition) is 19. The van der Waals surface area contributed by atoms with Crippen LogP contribution in [-0.2, 0) is 90.3 Å². The van der Waals surface area contributed by atoms with Crippen LogP contribution in [0.1, 0.15) is 19.3 Å². The summed E-state index contributed by atoms with van der Waals surface area (Å²) < 4.78 is 351. The second-order valence-corrected chi connectivity index (χ2v) is 16.5. The van der Waals surface area contributed by atoms with Crippen molar-refractivity contribution < 1.29 is 174 Å². The van der Waals surface area contributed by atoms with E-state index in [1.807, 2.05) is 0 Å². The van der Waals surface area contributed by atoms with E-state index in [1.165, 1.54) is 0 Å². The molecule has 0 N–H and O–H groups in total. The molecule has 0 bridgehead atoms. The van der Waals surface area contributed by atoms with Gasteiger partial charge in [0.15, 0.2) is 30.7 Å². The van der Waals surface area contributed by atoms with Crippen LogP contribution in [0, 0.1) is 10.8 Å². The fraction of sp³-hybridized carbons (Fsp3) is 0.609. The number of hydrogen-bond donors (Lipinski definition) is 0. The summed E-state index contributed by atoms with van der Waals surface area (Å²) in [7, 11) is 0. The van der Waals surface area contributed by atoms with E-state index in [1.54, 1.807) is 0 Å². The molecule has 0 saturated heterocycles. The van der Waals surface area contributed by atoms with Gasteiger partial charge in [-0.1, -0.05) is 39.5 Å². The standard InChI is InChI=1S/C46H51F19O19/c1-7-29(66)75-16-13-41(54,55)82-35(47)36(19-72-23-38(48,49)26-78-32(69)10-4,44(60,61)83-42(56,57)14-17-76-30(67)8-2)20-81-45(62,63)37(21-73-24-39(50,51)27-79-33(70)11-5,22-74-25-40(52,53)28-80-34(71)12-6)46(64,65)84-43(58,59)15-18-77-31(68)9-3/h7-12,35H,1-6,13-28H2. The summed E-state index contributed by atoms with van der Waals surface area (Å²) in [5, 5.41) is 0. The van der Waals surface area contributed by atoms with Crippen LogP contribution in [0.2, 0.25) is 0 Å². The van der Waals surface area contributed by atoms with Gasteiger partial charge in [0.1, 0.15) is 19.8 Å². The quantitative estimate of drug-likeness (QED) is 0.0242. The molecule has 0 aromatic heterocycles. The molecule has 0 aromatic carbocycles. The Balaban J connectivity index is 8.85. The molecular formula is C46H51F19O19. The molecule has 0 heterocycles. The Bertz CT molecular complexity index is 2210. The van der Waals surface area contributed by atoms with Crippen LogP contribution in [0.4, 0.5) is 83.4 Å². The van der Waals surface area contributed by atoms with Gasteiger partial charge in [-0.3, -0.25) is 14.2 Å². The van der Waals surface area contributed by atoms with E-state index in [9.17, 15) is 55.1 Å². The zero-order chi connectivity index (χ0) is 65.3. The van der Waals surface area contributed by atoms with Crippen LogP contribution in [0.15, 0.2) is 75.9 Å². The maximum Gasteiger partial charge on any atom is 0.378 e. The van der Waals surface area contributed by atoms with Crippen LogP contribution in [0.5, 0.6) is 0 Å². The van der Waals surface area contributed by atoms with E-state index in [0.717, 1.165) is 0 Å². The predicted molar refractivity (Wildman–Crippen MR) is 237 cm³/mol. The largest absolute Gasteiger partial charge is 0.462 e. The summed E-state index contributed by atoms with van der Waals surface area (Å²) in [5.41, 5.74) is -11.7. The van der Waals surface area contributed by atoms with Gasteiger partial charge in [-0.05, 0) is 0 Å². The van der Waals surface area contributed by atoms with Crippen molar-refractivity contribution in [3.05, 3.63) is 75.9 Å². The predicted octanol–water partition coefficient (Wildman–Crippen LogP) is 8.38. The van der Waals surface area contributed by atoms with Gasteiger partial charge in [0.2, 0.25) is 6.36 Å². The van der Waals surface area contributed by atoms with Gasteiger partial charge in [0.05, 0.1) is 65.5 Å². The number of alkyl halides is 19. The van der Waals surface area contributed by atoms with Gasteiger partial charge in [-0.25, -0.2) is 59.5 Å². The van der Waals surface area contributed by atoms with Crippen molar-refractivity contribution in [3.8, 4) is 0 Å². The van der Waals surface area contributed by atoms with Crippen molar-refractivity contribution in [2.24, 2.45) is 10.8 Å². The minimum absolute atomic E-state index is 0.227. The lowest BCUT2D eigenvalue weighted by molar-refractivity contribution is -0.485. The maximum absolute atomic E-state index is 17.3. The van der Waals surface area contributed by atoms with Crippen molar-refractivity contribution in [2.75, 3.05) is 85.9 Å². The Morgan fingerprint density at radius 3 is 0.952 bits per heavy atom. The third kappa shape index (κ3) is 26.7. The first-order valence-corrected chi connectivity index (χ1v) is 22.6. The molecule has 38 heteroatoms. The van der Waals surface area contributed by atoms with E-state index < -0.39 is 213 Å². The first-order valence-electron chi connectivity index (χ1n) is 22.6. The Labute approximate surface area is 462 Å². The van der Waals surface area contributed by atoms with E-state index >= 15 is 57.1 Å². The van der Waals surface area contributed by atoms with E-state index in [-0.39, 0.29) is 30.4 Å². The maximum atomic E-state index is 17.3. The zero-order valence-electron chi connectivity index (χ0n) is 43.0. The monoisotopic (exact) mass is 1270 g/mol. The summed E-state index contributed by atoms with van der Waals surface area (Å²) in [6.07, 6.45) is -48.6. The molecule has 0 fully saturated rings. The highest BCUT2D eigenvalue weighted by molar-refractivity contribution is 5.82. The molecule has 0 saturated carbocycles. The zero-order valence-corrected chi connectivity index (χ0v) is 43.0. The van der Waals surface area contributed by atoms with Gasteiger partial charge in [0, 0.05) is 36.5 Å². The van der Waals surface area contributed by atoms with Crippen molar-refractivity contribution in [2.45, 2.75) is 80.0 Å². The molecule has 19 nitrogen and oxygen atoms in total. The molecule has 482 valence electrons. The van der Waals surface area contributed by atoms with Crippen LogP contribution >= 0.6 is 0 Å². The van der Waals surface area contributed by atoms with Crippen molar-refractivity contribution >= 4 is 35.8 Å². The molecule has 0 aliphatic carbocycles. The smallest absolute Gasteiger partial charge is 0.378 e. The Morgan fingerprint density at radius 2 is 0.631 bits per heavy atom. The van der Waals surface area contributed by atoms with E-state index in [4.69, 9.17) is 0 Å². The van der Waals surface area contributed by atoms with Crippen LogP contribution in [0.25, 0.3) is 0 Å². The second kappa shape index (κ2) is 32.8. The highest BCUT2D eigenvalue weighted by Gasteiger charge is 2.75. The lowest BCUT2D eigenvalue weighted by atomic mass is 9.84. The van der Waals surface area contributed by atoms with E-state index in [2.05, 4.69) is 101 Å². The SMILES string of the molecule is C=CC(=O)OCCC(F)(F)OC(F)C(COCC(F)(F)COC(=O)C=C)(COC(F)(F)C(COCC(F)(F)COC(=O)C=C)(COCC(F)(F)COC(=O)C=C)C(F)(F)OC(F)(F)CCOC(=O)C=C)C(F)(F)OC(F)(F)CCOC(=O)C=C. The number of esters is 6. The minimum atomic E-state index is -6.98. The topological polar surface area (TPSA) is 222 Å². The van der Waals surface area contributed by atoms with Crippen molar-refractivity contribution in [1.82, 2.24) is 0 Å². The average Bonchev–Trinajstić information content (AvgIpc) is 1.74. The third-order valence-corrected chi connectivity index (χ3v) is 9.66. The number of rotatable bonds is 46. The summed E-state index contributed by atoms with van der Waals surface area (Å²) in [4.78, 5) is 68.6. The number of halogens is 19. The second-order valence-electron chi connectivity index (χ2n) is 16.5. The highest BCUT2D eigenvalue weighted by atomic mass is 19.3. The molecule has 0 aliphatic rings. The third-order valence-electron chi connectivity index (χ3n) is 9.66. The van der Waals surface area contributed by atoms with Gasteiger partial charge in [0.25, 0.3) is 0 Å². The normalized spacial score (nSPS) is 14.2. The summed E-state index contributed by atoms with van der Waals surface area (Å²) in [5.74, 6) is -24.3. The van der Waals surface area contributed by atoms with Crippen molar-refractivity contribution in [1.29, 1.82) is 0 Å². The fourth-order valence-corrected chi connectivity index (χ4v) is 5.33. The van der Waals surface area contributed by atoms with Gasteiger partial charge in [-0.2, -0.15) is 52.7 Å². The molecular weight excluding hydrogens is 1220 g/mol. The van der Waals surface area contributed by atoms with Crippen LogP contribution < -0.4 is 0 Å². The lowest BCUT2D eigenvalue weighted by Gasteiger charge is -2.46. The molecule has 0 spiro atoms. The molecule has 2 atom stereocenters. The average molecular weight is 1270 g/mol. The number of carbonyl (C=O) groups is 6. The number of carbonyl (C=O) groups excluding carboxylic acids is 6. The summed E-state index contributed by atoms with van der Waals surface area (Å²) in [6, 6.07) is 0. The molecule has 0 aromatic rings. The van der Waals surface area contributed by atoms with Gasteiger partial charge in [-0.15, -0.1) is 0 Å². The van der Waals surface area contributed by atoms with Crippen LogP contribution in [-0.4, -0.2) is 182 Å². The molecule has 0 aliphatic heterocycles. The first kappa shape index (κ1) is 77.6. The molecule has 0 rings (SSSR count). The molecule has 0 radical (unpaired) electrons. The van der Waals surface area contributed by atoms with Crippen LogP contribution in [0.3, 0.4) is 0 Å². The highest BCUT2D eigenvalue weighted by Crippen LogP contribution is 2.55. The summed E-state index contributed by atoms with van der Waals surface area (Å²) >= 11 is 0. The van der Waals surface area contributed by atoms with Gasteiger partial charge >= 0.3 is 90.2 Å².